The largest absolute Gasteiger partial charge is 0.336 e. The van der Waals surface area contributed by atoms with Crippen LogP contribution in [0.2, 0.25) is 0 Å². The highest BCUT2D eigenvalue weighted by molar-refractivity contribution is 5.61. The third kappa shape index (κ3) is 5.45. The van der Waals surface area contributed by atoms with Gasteiger partial charge in [-0.1, -0.05) is 110 Å². The molecule has 5 rings (SSSR count). The van der Waals surface area contributed by atoms with E-state index in [9.17, 15) is 0 Å². The molecule has 0 aliphatic carbocycles. The van der Waals surface area contributed by atoms with Crippen molar-refractivity contribution in [3.63, 3.8) is 0 Å². The summed E-state index contributed by atoms with van der Waals surface area (Å²) in [5.74, 6) is 1.62. The van der Waals surface area contributed by atoms with E-state index >= 15 is 0 Å². The molecular formula is C37H45N5. The second-order valence-corrected chi connectivity index (χ2v) is 12.7. The first-order valence-electron chi connectivity index (χ1n) is 15.2. The topological polar surface area (TPSA) is 30.5 Å². The van der Waals surface area contributed by atoms with Crippen LogP contribution in [0.4, 0.5) is 0 Å². The fourth-order valence-corrected chi connectivity index (χ4v) is 5.89. The average molecular weight is 560 g/mol. The van der Waals surface area contributed by atoms with Crippen molar-refractivity contribution in [3.05, 3.63) is 102 Å². The van der Waals surface area contributed by atoms with E-state index in [2.05, 4.69) is 167 Å². The predicted molar refractivity (Wildman–Crippen MR) is 170 cm³/mol. The standard InChI is InChI=1S/C37H45N5/c1-24(2)28-14-11-15-29(25(3)4)36(28)41-20-34(39(9)22-41)32-18-13-19-33(38-32)35-21-42(23-40(35)10)37-30(26(5)6)16-12-17-31(37)27(7)8/h11-19,22-27H,1-10H3. The molecule has 0 spiro atoms. The minimum Gasteiger partial charge on any atom is -0.336 e. The first-order chi connectivity index (χ1) is 20.0. The zero-order chi connectivity index (χ0) is 30.3. The molecule has 0 amide bonds. The lowest BCUT2D eigenvalue weighted by Crippen LogP contribution is -2.32. The van der Waals surface area contributed by atoms with E-state index in [1.807, 2.05) is 0 Å². The van der Waals surface area contributed by atoms with Gasteiger partial charge >= 0.3 is 0 Å². The second-order valence-electron chi connectivity index (χ2n) is 12.7. The van der Waals surface area contributed by atoms with Gasteiger partial charge in [-0.2, -0.15) is 0 Å². The summed E-state index contributed by atoms with van der Waals surface area (Å²) >= 11 is 0. The Hall–Kier alpha value is -3.99. The number of hydrogen-bond donors (Lipinski definition) is 0. The summed E-state index contributed by atoms with van der Waals surface area (Å²) in [6.45, 7) is 18.0. The van der Waals surface area contributed by atoms with Crippen molar-refractivity contribution in [3.8, 4) is 34.2 Å². The van der Waals surface area contributed by atoms with Crippen LogP contribution in [0.15, 0.2) is 67.3 Å². The molecule has 0 atom stereocenters. The summed E-state index contributed by atoms with van der Waals surface area (Å²) in [4.78, 5) is 5.15. The number of pyridine rings is 1. The molecule has 218 valence electrons. The summed E-state index contributed by atoms with van der Waals surface area (Å²) in [6.07, 6.45) is 11.6. The van der Waals surface area contributed by atoms with E-state index in [0.29, 0.717) is 23.7 Å². The molecule has 0 aliphatic rings. The van der Waals surface area contributed by atoms with Gasteiger partial charge in [-0.3, -0.25) is 9.13 Å². The summed E-state index contributed by atoms with van der Waals surface area (Å²) in [7, 11) is 4.14. The Kier molecular flexibility index (Phi) is 8.23. The quantitative estimate of drug-likeness (QED) is 0.141. The van der Waals surface area contributed by atoms with E-state index < -0.39 is 0 Å². The van der Waals surface area contributed by atoms with E-state index in [1.165, 1.54) is 33.6 Å². The maximum atomic E-state index is 5.15. The van der Waals surface area contributed by atoms with Gasteiger partial charge in [-0.15, -0.1) is 0 Å². The smallest absolute Gasteiger partial charge is 0.169 e. The molecule has 5 aromatic rings. The molecule has 5 nitrogen and oxygen atoms in total. The van der Waals surface area contributed by atoms with Crippen LogP contribution in [-0.2, 0) is 14.1 Å². The fraction of sp³-hybridized carbons (Fsp3) is 0.378. The summed E-state index contributed by atoms with van der Waals surface area (Å²) in [5, 5.41) is 0. The molecule has 0 fully saturated rings. The van der Waals surface area contributed by atoms with Crippen LogP contribution >= 0.6 is 0 Å². The molecule has 3 aromatic heterocycles. The average Bonchev–Trinajstić information content (AvgIpc) is 3.54. The minimum absolute atomic E-state index is 0.404. The van der Waals surface area contributed by atoms with Crippen molar-refractivity contribution in [1.82, 2.24) is 14.1 Å². The lowest BCUT2D eigenvalue weighted by atomic mass is 9.92. The van der Waals surface area contributed by atoms with Crippen LogP contribution in [0.3, 0.4) is 0 Å². The molecular weight excluding hydrogens is 514 g/mol. The molecule has 3 heterocycles. The number of aromatic nitrogens is 5. The Morgan fingerprint density at radius 3 is 1.14 bits per heavy atom. The number of benzene rings is 2. The van der Waals surface area contributed by atoms with Crippen LogP contribution in [0.1, 0.15) is 101 Å². The van der Waals surface area contributed by atoms with Gasteiger partial charge in [0.05, 0.1) is 37.9 Å². The highest BCUT2D eigenvalue weighted by Crippen LogP contribution is 2.30. The molecule has 0 aliphatic heterocycles. The van der Waals surface area contributed by atoms with Crippen LogP contribution in [0, 0.1) is 12.4 Å². The molecule has 0 saturated carbocycles. The monoisotopic (exact) mass is 559 g/mol. The second kappa shape index (κ2) is 11.7. The normalized spacial score (nSPS) is 12.0. The number of nitrogens with zero attached hydrogens (tertiary/aromatic N) is 5. The first-order valence-corrected chi connectivity index (χ1v) is 15.2. The number of hydrogen-bond acceptors (Lipinski definition) is 1. The van der Waals surface area contributed by atoms with Crippen molar-refractivity contribution in [2.24, 2.45) is 14.1 Å². The number of para-hydroxylation sites is 2. The predicted octanol–water partition coefficient (Wildman–Crippen LogP) is 7.74. The first kappa shape index (κ1) is 29.5. The Morgan fingerprint density at radius 1 is 0.524 bits per heavy atom. The summed E-state index contributed by atoms with van der Waals surface area (Å²) < 4.78 is 8.56. The number of rotatable bonds is 8. The Labute approximate surface area is 252 Å². The van der Waals surface area contributed by atoms with Crippen LogP contribution in [0.5, 0.6) is 0 Å². The highest BCUT2D eigenvalue weighted by atomic mass is 15.1. The van der Waals surface area contributed by atoms with Gasteiger partial charge in [-0.25, -0.2) is 0 Å². The minimum atomic E-state index is 0.404. The molecule has 0 bridgehead atoms. The van der Waals surface area contributed by atoms with Gasteiger partial charge in [0.15, 0.2) is 12.7 Å². The molecule has 5 heteroatoms. The number of imidazole rings is 2. The maximum absolute atomic E-state index is 5.15. The Bertz CT molecular complexity index is 1540. The molecule has 0 saturated heterocycles. The van der Waals surface area contributed by atoms with Gasteiger partial charge in [0.1, 0.15) is 11.4 Å². The van der Waals surface area contributed by atoms with Crippen LogP contribution in [0.25, 0.3) is 34.2 Å². The zero-order valence-electron chi connectivity index (χ0n) is 26.9. The Morgan fingerprint density at radius 2 is 0.833 bits per heavy atom. The molecule has 0 unspecified atom stereocenters. The maximum Gasteiger partial charge on any atom is 0.169 e. The Balaban J connectivity index is 1.59. The molecule has 42 heavy (non-hydrogen) atoms. The van der Waals surface area contributed by atoms with Gasteiger partial charge < -0.3 is 14.1 Å². The van der Waals surface area contributed by atoms with E-state index in [0.717, 1.165) is 22.8 Å². The fourth-order valence-electron chi connectivity index (χ4n) is 5.89. The van der Waals surface area contributed by atoms with Crippen molar-refractivity contribution >= 4 is 0 Å². The van der Waals surface area contributed by atoms with Gasteiger partial charge in [0.25, 0.3) is 0 Å². The lowest BCUT2D eigenvalue weighted by Gasteiger charge is -2.20. The summed E-state index contributed by atoms with van der Waals surface area (Å²) in [5.41, 5.74) is 11.4. The van der Waals surface area contributed by atoms with Crippen molar-refractivity contribution in [2.75, 3.05) is 0 Å². The van der Waals surface area contributed by atoms with E-state index in [4.69, 9.17) is 4.98 Å². The van der Waals surface area contributed by atoms with Crippen LogP contribution in [-0.4, -0.2) is 14.1 Å². The van der Waals surface area contributed by atoms with E-state index in [-0.39, 0.29) is 0 Å². The lowest BCUT2D eigenvalue weighted by molar-refractivity contribution is -0.600. The third-order valence-corrected chi connectivity index (χ3v) is 8.14. The van der Waals surface area contributed by atoms with Gasteiger partial charge in [0.2, 0.25) is 0 Å². The highest BCUT2D eigenvalue weighted by Gasteiger charge is 2.19. The third-order valence-electron chi connectivity index (χ3n) is 8.14. The van der Waals surface area contributed by atoms with Gasteiger partial charge in [0, 0.05) is 11.4 Å². The zero-order valence-corrected chi connectivity index (χ0v) is 26.9. The van der Waals surface area contributed by atoms with E-state index in [1.54, 1.807) is 0 Å². The van der Waals surface area contributed by atoms with Crippen LogP contribution < -0.4 is 9.13 Å². The number of aryl methyl sites for hydroxylation is 2. The summed E-state index contributed by atoms with van der Waals surface area (Å²) in [6, 6.07) is 19.5. The molecule has 0 radical (unpaired) electrons. The molecule has 0 N–H and O–H groups in total. The molecule has 2 aromatic carbocycles. The van der Waals surface area contributed by atoms with Gasteiger partial charge in [-0.05, 0) is 45.9 Å². The van der Waals surface area contributed by atoms with Crippen molar-refractivity contribution < 1.29 is 9.13 Å². The SMILES string of the molecule is CC(C)c1cccc(C(C)C)c1-[n+]1[c-]c(-c2cccc(-c3[c-][n+](-c4c(C(C)C)cccc4C(C)C)cn3C)n2)n(C)c1. The van der Waals surface area contributed by atoms with Crippen molar-refractivity contribution in [1.29, 1.82) is 0 Å². The van der Waals surface area contributed by atoms with Crippen molar-refractivity contribution in [2.45, 2.75) is 79.1 Å².